The van der Waals surface area contributed by atoms with Gasteiger partial charge in [0.1, 0.15) is 11.3 Å². The summed E-state index contributed by atoms with van der Waals surface area (Å²) in [7, 11) is 1.37. The van der Waals surface area contributed by atoms with Crippen LogP contribution < -0.4 is 0 Å². The van der Waals surface area contributed by atoms with Crippen LogP contribution >= 0.6 is 11.6 Å². The summed E-state index contributed by atoms with van der Waals surface area (Å²) in [6, 6.07) is 19.7. The lowest BCUT2D eigenvalue weighted by atomic mass is 10.0. The molecule has 0 aliphatic rings. The number of carbonyl (C=O) groups is 1. The number of imidazole rings is 1. The van der Waals surface area contributed by atoms with Crippen LogP contribution in [0.1, 0.15) is 27.3 Å². The SMILES string of the molecule is COC(=O)c1cc(-c2ccc(C)cc2Cl)cc2[nH]c(Cc3ccccc3)nc12. The van der Waals surface area contributed by atoms with Crippen molar-refractivity contribution in [3.05, 3.63) is 88.2 Å². The lowest BCUT2D eigenvalue weighted by molar-refractivity contribution is 0.0603. The standard InChI is InChI=1S/C23H19ClN2O2/c1-14-8-9-17(19(24)10-14)16-12-18(23(27)28-2)22-20(13-16)25-21(26-22)11-15-6-4-3-5-7-15/h3-10,12-13H,11H2,1-2H3,(H,25,26). The van der Waals surface area contributed by atoms with Crippen molar-refractivity contribution in [2.75, 3.05) is 7.11 Å². The zero-order valence-electron chi connectivity index (χ0n) is 15.6. The zero-order valence-corrected chi connectivity index (χ0v) is 16.4. The first-order valence-electron chi connectivity index (χ1n) is 8.96. The van der Waals surface area contributed by atoms with E-state index in [1.165, 1.54) is 7.11 Å². The average molecular weight is 391 g/mol. The van der Waals surface area contributed by atoms with Crippen molar-refractivity contribution in [3.63, 3.8) is 0 Å². The molecule has 0 radical (unpaired) electrons. The third-order valence-corrected chi connectivity index (χ3v) is 5.00. The van der Waals surface area contributed by atoms with E-state index in [4.69, 9.17) is 16.3 Å². The number of carbonyl (C=O) groups excluding carboxylic acids is 1. The van der Waals surface area contributed by atoms with E-state index in [2.05, 4.69) is 9.97 Å². The number of aromatic amines is 1. The molecule has 5 heteroatoms. The van der Waals surface area contributed by atoms with Gasteiger partial charge in [-0.15, -0.1) is 0 Å². The maximum Gasteiger partial charge on any atom is 0.340 e. The van der Waals surface area contributed by atoms with E-state index >= 15 is 0 Å². The fourth-order valence-electron chi connectivity index (χ4n) is 3.32. The number of ether oxygens (including phenoxy) is 1. The van der Waals surface area contributed by atoms with Crippen LogP contribution in [0.4, 0.5) is 0 Å². The molecule has 1 N–H and O–H groups in total. The molecule has 3 aromatic carbocycles. The van der Waals surface area contributed by atoms with Gasteiger partial charge in [0.2, 0.25) is 0 Å². The molecule has 0 amide bonds. The summed E-state index contributed by atoms with van der Waals surface area (Å²) < 4.78 is 4.99. The molecule has 28 heavy (non-hydrogen) atoms. The normalized spacial score (nSPS) is 11.0. The quantitative estimate of drug-likeness (QED) is 0.463. The van der Waals surface area contributed by atoms with E-state index in [0.717, 1.165) is 33.6 Å². The number of halogens is 1. The van der Waals surface area contributed by atoms with Crippen LogP contribution in [0.2, 0.25) is 5.02 Å². The van der Waals surface area contributed by atoms with Crippen LogP contribution in [0, 0.1) is 6.92 Å². The van der Waals surface area contributed by atoms with E-state index in [9.17, 15) is 4.79 Å². The summed E-state index contributed by atoms with van der Waals surface area (Å²) in [5.41, 5.74) is 5.72. The summed E-state index contributed by atoms with van der Waals surface area (Å²) in [5.74, 6) is 0.367. The van der Waals surface area contributed by atoms with Crippen molar-refractivity contribution in [1.29, 1.82) is 0 Å². The summed E-state index contributed by atoms with van der Waals surface area (Å²) in [6.45, 7) is 1.99. The van der Waals surface area contributed by atoms with Gasteiger partial charge in [-0.2, -0.15) is 0 Å². The predicted octanol–water partition coefficient (Wildman–Crippen LogP) is 5.57. The summed E-state index contributed by atoms with van der Waals surface area (Å²) in [4.78, 5) is 20.4. The Balaban J connectivity index is 1.85. The Labute approximate surface area is 168 Å². The molecule has 4 rings (SSSR count). The zero-order chi connectivity index (χ0) is 19.7. The van der Waals surface area contributed by atoms with Crippen LogP contribution in [-0.4, -0.2) is 23.0 Å². The van der Waals surface area contributed by atoms with Crippen LogP contribution in [0.3, 0.4) is 0 Å². The van der Waals surface area contributed by atoms with Crippen molar-refractivity contribution in [2.45, 2.75) is 13.3 Å². The van der Waals surface area contributed by atoms with Gasteiger partial charge in [0.05, 0.1) is 18.2 Å². The fraction of sp³-hybridized carbons (Fsp3) is 0.130. The first-order valence-corrected chi connectivity index (χ1v) is 9.34. The van der Waals surface area contributed by atoms with Gasteiger partial charge in [-0.25, -0.2) is 9.78 Å². The van der Waals surface area contributed by atoms with E-state index in [-0.39, 0.29) is 0 Å². The number of aromatic nitrogens is 2. The Hall–Kier alpha value is -3.11. The van der Waals surface area contributed by atoms with Gasteiger partial charge in [0.25, 0.3) is 0 Å². The highest BCUT2D eigenvalue weighted by Gasteiger charge is 2.18. The molecule has 0 spiro atoms. The molecule has 0 bridgehead atoms. The number of aryl methyl sites for hydroxylation is 1. The van der Waals surface area contributed by atoms with E-state index in [1.807, 2.05) is 61.5 Å². The molecule has 1 aromatic heterocycles. The molecule has 4 nitrogen and oxygen atoms in total. The van der Waals surface area contributed by atoms with E-state index in [0.29, 0.717) is 22.5 Å². The van der Waals surface area contributed by atoms with Crippen molar-refractivity contribution >= 4 is 28.6 Å². The molecule has 1 heterocycles. The smallest absolute Gasteiger partial charge is 0.340 e. The number of nitrogens with zero attached hydrogens (tertiary/aromatic N) is 1. The minimum atomic E-state index is -0.423. The lowest BCUT2D eigenvalue weighted by Gasteiger charge is -2.08. The van der Waals surface area contributed by atoms with Crippen molar-refractivity contribution < 1.29 is 9.53 Å². The second-order valence-electron chi connectivity index (χ2n) is 6.74. The molecule has 0 fully saturated rings. The predicted molar refractivity (Wildman–Crippen MR) is 112 cm³/mol. The monoisotopic (exact) mass is 390 g/mol. The van der Waals surface area contributed by atoms with Gasteiger partial charge in [-0.05, 0) is 41.8 Å². The minimum Gasteiger partial charge on any atom is -0.465 e. The Morgan fingerprint density at radius 3 is 2.61 bits per heavy atom. The third-order valence-electron chi connectivity index (χ3n) is 4.69. The first-order chi connectivity index (χ1) is 13.5. The Kier molecular flexibility index (Phi) is 4.88. The molecular weight excluding hydrogens is 372 g/mol. The minimum absolute atomic E-state index is 0.419. The van der Waals surface area contributed by atoms with Gasteiger partial charge >= 0.3 is 5.97 Å². The van der Waals surface area contributed by atoms with Crippen LogP contribution in [-0.2, 0) is 11.2 Å². The van der Waals surface area contributed by atoms with Gasteiger partial charge in [0.15, 0.2) is 0 Å². The lowest BCUT2D eigenvalue weighted by Crippen LogP contribution is -2.03. The molecule has 140 valence electrons. The van der Waals surface area contributed by atoms with E-state index in [1.54, 1.807) is 6.07 Å². The van der Waals surface area contributed by atoms with Gasteiger partial charge in [-0.1, -0.05) is 54.1 Å². The summed E-state index contributed by atoms with van der Waals surface area (Å²) in [6.07, 6.45) is 0.650. The number of fused-ring (bicyclic) bond motifs is 1. The number of hydrogen-bond acceptors (Lipinski definition) is 3. The number of rotatable bonds is 4. The maximum absolute atomic E-state index is 12.4. The van der Waals surface area contributed by atoms with Gasteiger partial charge in [-0.3, -0.25) is 0 Å². The number of nitrogens with one attached hydrogen (secondary N) is 1. The van der Waals surface area contributed by atoms with Crippen molar-refractivity contribution in [3.8, 4) is 11.1 Å². The van der Waals surface area contributed by atoms with Crippen molar-refractivity contribution in [1.82, 2.24) is 9.97 Å². The van der Waals surface area contributed by atoms with Crippen LogP contribution in [0.25, 0.3) is 22.2 Å². The summed E-state index contributed by atoms with van der Waals surface area (Å²) in [5, 5.41) is 0.638. The molecule has 0 unspecified atom stereocenters. The highest BCUT2D eigenvalue weighted by atomic mass is 35.5. The van der Waals surface area contributed by atoms with Gasteiger partial charge < -0.3 is 9.72 Å². The number of benzene rings is 3. The Bertz CT molecular complexity index is 1170. The third kappa shape index (κ3) is 3.51. The molecule has 0 saturated heterocycles. The second-order valence-corrected chi connectivity index (χ2v) is 7.15. The highest BCUT2D eigenvalue weighted by Crippen LogP contribution is 2.32. The van der Waals surface area contributed by atoms with Crippen LogP contribution in [0.15, 0.2) is 60.7 Å². The Morgan fingerprint density at radius 1 is 1.11 bits per heavy atom. The molecule has 0 saturated carbocycles. The van der Waals surface area contributed by atoms with Crippen molar-refractivity contribution in [2.24, 2.45) is 0 Å². The maximum atomic E-state index is 12.4. The Morgan fingerprint density at radius 2 is 1.89 bits per heavy atom. The number of methoxy groups -OCH3 is 1. The first kappa shape index (κ1) is 18.3. The van der Waals surface area contributed by atoms with Crippen LogP contribution in [0.5, 0.6) is 0 Å². The fourth-order valence-corrected chi connectivity index (χ4v) is 3.66. The molecule has 0 aliphatic heterocycles. The van der Waals surface area contributed by atoms with Gasteiger partial charge in [0, 0.05) is 17.0 Å². The molecule has 4 aromatic rings. The van der Waals surface area contributed by atoms with E-state index < -0.39 is 5.97 Å². The largest absolute Gasteiger partial charge is 0.465 e. The molecule has 0 aliphatic carbocycles. The second kappa shape index (κ2) is 7.49. The average Bonchev–Trinajstić information content (AvgIpc) is 3.09. The number of esters is 1. The molecule has 0 atom stereocenters. The number of H-pyrrole nitrogens is 1. The summed E-state index contributed by atoms with van der Waals surface area (Å²) >= 11 is 6.45. The topological polar surface area (TPSA) is 55.0 Å². The number of hydrogen-bond donors (Lipinski definition) is 1. The molecular formula is C23H19ClN2O2. The highest BCUT2D eigenvalue weighted by molar-refractivity contribution is 6.33.